The normalized spacial score (nSPS) is 21.0. The molecule has 0 bridgehead atoms. The fourth-order valence-corrected chi connectivity index (χ4v) is 6.74. The second kappa shape index (κ2) is 12.1. The van der Waals surface area contributed by atoms with Crippen molar-refractivity contribution in [1.82, 2.24) is 23.8 Å². The summed E-state index contributed by atoms with van der Waals surface area (Å²) in [5.74, 6) is -1.44. The number of nitrogens with zero attached hydrogens (tertiary/aromatic N) is 6. The molecule has 3 aromatic rings. The van der Waals surface area contributed by atoms with E-state index in [0.717, 1.165) is 55.6 Å². The van der Waals surface area contributed by atoms with Crippen LogP contribution in [-0.4, -0.2) is 88.0 Å². The zero-order valence-corrected chi connectivity index (χ0v) is 23.9. The summed E-state index contributed by atoms with van der Waals surface area (Å²) in [5.41, 5.74) is 2.70. The molecule has 1 aromatic carbocycles. The number of carboxylic acids is 1. The molecule has 2 fully saturated rings. The summed E-state index contributed by atoms with van der Waals surface area (Å²) in [6.07, 6.45) is 6.23. The topological polar surface area (TPSA) is 131 Å². The first-order valence-electron chi connectivity index (χ1n) is 13.6. The zero-order valence-electron chi connectivity index (χ0n) is 23.1. The summed E-state index contributed by atoms with van der Waals surface area (Å²) in [6.45, 7) is 2.44. The van der Waals surface area contributed by atoms with Gasteiger partial charge in [-0.15, -0.1) is 0 Å². The van der Waals surface area contributed by atoms with Crippen LogP contribution in [0.4, 0.5) is 23.5 Å². The number of anilines is 1. The van der Waals surface area contributed by atoms with Gasteiger partial charge in [0, 0.05) is 30.8 Å². The molecule has 5 heterocycles. The number of aromatic nitrogens is 4. The second-order valence-corrected chi connectivity index (χ2v) is 12.7. The summed E-state index contributed by atoms with van der Waals surface area (Å²) < 4.78 is 79.9. The van der Waals surface area contributed by atoms with E-state index in [-0.39, 0.29) is 18.0 Å². The molecular formula is C27H30F4N6O5S. The molecule has 0 radical (unpaired) electrons. The lowest BCUT2D eigenvalue weighted by Gasteiger charge is -2.35. The molecule has 3 aliphatic heterocycles. The third-order valence-electron chi connectivity index (χ3n) is 7.83. The van der Waals surface area contributed by atoms with Crippen molar-refractivity contribution in [1.29, 1.82) is 0 Å². The Kier molecular flexibility index (Phi) is 8.61. The van der Waals surface area contributed by atoms with E-state index in [9.17, 15) is 26.0 Å². The highest BCUT2D eigenvalue weighted by molar-refractivity contribution is 7.88. The van der Waals surface area contributed by atoms with Gasteiger partial charge >= 0.3 is 12.1 Å². The van der Waals surface area contributed by atoms with Gasteiger partial charge in [0.05, 0.1) is 49.5 Å². The fraction of sp³-hybridized carbons (Fsp3) is 0.481. The van der Waals surface area contributed by atoms with Crippen LogP contribution in [0.25, 0.3) is 11.3 Å². The number of aliphatic carboxylic acids is 1. The summed E-state index contributed by atoms with van der Waals surface area (Å²) in [6, 6.07) is 5.24. The Hall–Kier alpha value is -3.79. The van der Waals surface area contributed by atoms with Gasteiger partial charge in [-0.25, -0.2) is 32.6 Å². The molecule has 0 saturated carbocycles. The molecule has 3 aliphatic rings. The van der Waals surface area contributed by atoms with Gasteiger partial charge in [0.25, 0.3) is 0 Å². The number of carboxylic acid groups (broad SMARTS) is 1. The summed E-state index contributed by atoms with van der Waals surface area (Å²) in [5, 5.41) is 7.12. The van der Waals surface area contributed by atoms with Gasteiger partial charge in [-0.05, 0) is 37.7 Å². The standard InChI is InChI=1S/C25H29FN6O3S.C2HF3O2/c1-36(33,34)31-9-3-4-18(15-31)35-19-12-28-25(29-13-19)30-10-7-17(8-11-30)24-23-20(5-2-6-21(23)26)22-14-27-16-32(22)24;3-2(4,5)1(6)7/h2,5-6,12-14,16-18,24H,3-4,7-11,15H2,1H3;(H,6,7). The minimum Gasteiger partial charge on any atom is -0.486 e. The lowest BCUT2D eigenvalue weighted by Crippen LogP contribution is -2.43. The van der Waals surface area contributed by atoms with Gasteiger partial charge in [-0.1, -0.05) is 12.1 Å². The summed E-state index contributed by atoms with van der Waals surface area (Å²) >= 11 is 0. The van der Waals surface area contributed by atoms with Gasteiger partial charge in [0.15, 0.2) is 5.75 Å². The van der Waals surface area contributed by atoms with E-state index in [1.54, 1.807) is 24.5 Å². The van der Waals surface area contributed by atoms with E-state index in [0.29, 0.717) is 30.7 Å². The first-order valence-corrected chi connectivity index (χ1v) is 15.5. The van der Waals surface area contributed by atoms with Gasteiger partial charge in [0.1, 0.15) is 11.9 Å². The van der Waals surface area contributed by atoms with Crippen molar-refractivity contribution in [3.63, 3.8) is 0 Å². The van der Waals surface area contributed by atoms with E-state index < -0.39 is 22.2 Å². The first kappa shape index (κ1) is 30.7. The lowest BCUT2D eigenvalue weighted by molar-refractivity contribution is -0.192. The van der Waals surface area contributed by atoms with Crippen LogP contribution in [0.15, 0.2) is 43.1 Å². The smallest absolute Gasteiger partial charge is 0.486 e. The Morgan fingerprint density at radius 2 is 1.74 bits per heavy atom. The molecule has 232 valence electrons. The third kappa shape index (κ3) is 6.74. The minimum atomic E-state index is -5.08. The molecule has 2 saturated heterocycles. The highest BCUT2D eigenvalue weighted by Gasteiger charge is 2.39. The molecule has 2 aromatic heterocycles. The van der Waals surface area contributed by atoms with E-state index in [1.165, 1.54) is 10.6 Å². The Labute approximate surface area is 245 Å². The van der Waals surface area contributed by atoms with E-state index in [1.807, 2.05) is 18.6 Å². The van der Waals surface area contributed by atoms with Crippen molar-refractivity contribution in [3.05, 3.63) is 54.5 Å². The number of halogens is 4. The number of rotatable bonds is 5. The monoisotopic (exact) mass is 626 g/mol. The van der Waals surface area contributed by atoms with Crippen LogP contribution in [-0.2, 0) is 14.8 Å². The zero-order chi connectivity index (χ0) is 30.9. The Bertz CT molecular complexity index is 1560. The lowest BCUT2D eigenvalue weighted by atomic mass is 9.85. The maximum Gasteiger partial charge on any atom is 0.490 e. The fourth-order valence-electron chi connectivity index (χ4n) is 5.84. The van der Waals surface area contributed by atoms with E-state index in [2.05, 4.69) is 24.4 Å². The molecule has 2 unspecified atom stereocenters. The average Bonchev–Trinajstić information content (AvgIpc) is 3.55. The van der Waals surface area contributed by atoms with E-state index >= 15 is 0 Å². The number of carbonyl (C=O) groups is 1. The van der Waals surface area contributed by atoms with Crippen LogP contribution in [0.3, 0.4) is 0 Å². The maximum absolute atomic E-state index is 14.9. The SMILES string of the molecule is CS(=O)(=O)N1CCCC(Oc2cnc(N3CCC(C4c5c(F)cccc5-c5cncn54)CC3)nc2)C1.O=C(O)C(F)(F)F. The number of ether oxygens (including phenoxy) is 1. The van der Waals surface area contributed by atoms with Crippen molar-refractivity contribution < 1.29 is 40.6 Å². The Balaban J connectivity index is 0.000000472. The van der Waals surface area contributed by atoms with Crippen molar-refractivity contribution >= 4 is 21.9 Å². The quantitative estimate of drug-likeness (QED) is 0.421. The third-order valence-corrected chi connectivity index (χ3v) is 9.10. The molecule has 0 amide bonds. The van der Waals surface area contributed by atoms with Crippen molar-refractivity contribution in [2.75, 3.05) is 37.3 Å². The first-order chi connectivity index (χ1) is 20.3. The van der Waals surface area contributed by atoms with Crippen molar-refractivity contribution in [3.8, 4) is 17.0 Å². The number of piperidine rings is 2. The van der Waals surface area contributed by atoms with Crippen LogP contribution in [0.1, 0.15) is 37.3 Å². The number of sulfonamides is 1. The minimum absolute atomic E-state index is 0.0421. The molecule has 0 spiro atoms. The van der Waals surface area contributed by atoms with Crippen molar-refractivity contribution in [2.24, 2.45) is 5.92 Å². The highest BCUT2D eigenvalue weighted by Crippen LogP contribution is 2.46. The average molecular weight is 627 g/mol. The highest BCUT2D eigenvalue weighted by atomic mass is 32.2. The molecule has 6 rings (SSSR count). The van der Waals surface area contributed by atoms with E-state index in [4.69, 9.17) is 14.6 Å². The van der Waals surface area contributed by atoms with Crippen LogP contribution in [0, 0.1) is 11.7 Å². The second-order valence-electron chi connectivity index (χ2n) is 10.7. The molecule has 0 aliphatic carbocycles. The molecule has 11 nitrogen and oxygen atoms in total. The number of benzene rings is 1. The summed E-state index contributed by atoms with van der Waals surface area (Å²) in [7, 11) is -3.23. The number of hydrogen-bond acceptors (Lipinski definition) is 8. The Morgan fingerprint density at radius 1 is 1.07 bits per heavy atom. The predicted molar refractivity (Wildman–Crippen MR) is 146 cm³/mol. The van der Waals surface area contributed by atoms with Gasteiger partial charge in [-0.3, -0.25) is 0 Å². The van der Waals surface area contributed by atoms with Gasteiger partial charge in [-0.2, -0.15) is 17.5 Å². The number of fused-ring (bicyclic) bond motifs is 3. The van der Waals surface area contributed by atoms with Gasteiger partial charge in [0.2, 0.25) is 16.0 Å². The molecular weight excluding hydrogens is 596 g/mol. The number of hydrogen-bond donors (Lipinski definition) is 1. The molecule has 2 atom stereocenters. The van der Waals surface area contributed by atoms with Crippen LogP contribution in [0.2, 0.25) is 0 Å². The molecule has 1 N–H and O–H groups in total. The molecule has 43 heavy (non-hydrogen) atoms. The maximum atomic E-state index is 14.9. The Morgan fingerprint density at radius 3 is 2.37 bits per heavy atom. The molecule has 16 heteroatoms. The van der Waals surface area contributed by atoms with Crippen LogP contribution in [0.5, 0.6) is 5.75 Å². The van der Waals surface area contributed by atoms with Crippen LogP contribution < -0.4 is 9.64 Å². The number of imidazole rings is 1. The van der Waals surface area contributed by atoms with Crippen molar-refractivity contribution in [2.45, 2.75) is 44.0 Å². The largest absolute Gasteiger partial charge is 0.490 e. The summed E-state index contributed by atoms with van der Waals surface area (Å²) in [4.78, 5) is 24.4. The predicted octanol–water partition coefficient (Wildman–Crippen LogP) is 3.73. The number of alkyl halides is 3. The van der Waals surface area contributed by atoms with Crippen LogP contribution >= 0.6 is 0 Å². The van der Waals surface area contributed by atoms with Gasteiger partial charge < -0.3 is 19.3 Å².